The number of alkyl halides is 2. The zero-order chi connectivity index (χ0) is 26.3. The molecule has 0 aliphatic rings. The van der Waals surface area contributed by atoms with Crippen molar-refractivity contribution in [1.29, 1.82) is 0 Å². The first-order valence-electron chi connectivity index (χ1n) is 10.1. The highest BCUT2D eigenvalue weighted by Crippen LogP contribution is 2.41. The van der Waals surface area contributed by atoms with Gasteiger partial charge in [0.05, 0.1) is 23.1 Å². The van der Waals surface area contributed by atoms with Crippen molar-refractivity contribution < 1.29 is 25.6 Å². The molecule has 0 spiro atoms. The summed E-state index contributed by atoms with van der Waals surface area (Å²) in [5.74, 6) is -4.49. The summed E-state index contributed by atoms with van der Waals surface area (Å²) < 4.78 is 82.0. The summed E-state index contributed by atoms with van der Waals surface area (Å²) in [6, 6.07) is 6.73. The van der Waals surface area contributed by atoms with Gasteiger partial charge in [0.15, 0.2) is 5.82 Å². The van der Waals surface area contributed by atoms with Crippen LogP contribution in [0.5, 0.6) is 0 Å². The van der Waals surface area contributed by atoms with Crippen LogP contribution in [0.25, 0.3) is 33.5 Å². The lowest BCUT2D eigenvalue weighted by molar-refractivity contribution is -0.00236. The predicted molar refractivity (Wildman–Crippen MR) is 123 cm³/mol. The number of para-hydroxylation sites is 1. The van der Waals surface area contributed by atoms with Crippen molar-refractivity contribution in [2.75, 3.05) is 19.6 Å². The number of tetrazole rings is 1. The third kappa shape index (κ3) is 4.56. The van der Waals surface area contributed by atoms with Crippen LogP contribution in [0.3, 0.4) is 0 Å². The molecule has 0 atom stereocenters. The SMILES string of the molecule is NCCNS(=O)(=O)c1ccc(-c2cccc3[nH]c(C(F)(F)CN)nc23)c(-c2nn[nH]n2)c1S(N)(=O)=O. The van der Waals surface area contributed by atoms with Gasteiger partial charge in [0.2, 0.25) is 25.9 Å². The fourth-order valence-electron chi connectivity index (χ4n) is 3.56. The van der Waals surface area contributed by atoms with E-state index in [0.29, 0.717) is 0 Å². The first-order valence-corrected chi connectivity index (χ1v) is 13.1. The quantitative estimate of drug-likeness (QED) is 0.156. The number of fused-ring (bicyclic) bond motifs is 1. The number of aromatic amines is 2. The Morgan fingerprint density at radius 1 is 1.06 bits per heavy atom. The van der Waals surface area contributed by atoms with Gasteiger partial charge in [0.1, 0.15) is 9.79 Å². The Bertz CT molecular complexity index is 1640. The molecule has 0 aliphatic heterocycles. The highest BCUT2D eigenvalue weighted by molar-refractivity contribution is 7.92. The molecule has 0 saturated carbocycles. The van der Waals surface area contributed by atoms with E-state index in [1.165, 1.54) is 24.3 Å². The normalized spacial score (nSPS) is 12.9. The van der Waals surface area contributed by atoms with Gasteiger partial charge in [0.25, 0.3) is 0 Å². The molecule has 2 aromatic heterocycles. The van der Waals surface area contributed by atoms with Crippen LogP contribution in [-0.4, -0.2) is 67.1 Å². The van der Waals surface area contributed by atoms with Gasteiger partial charge in [-0.25, -0.2) is 31.7 Å². The van der Waals surface area contributed by atoms with Crippen molar-refractivity contribution in [2.24, 2.45) is 16.6 Å². The molecule has 36 heavy (non-hydrogen) atoms. The first-order chi connectivity index (χ1) is 16.9. The molecule has 0 saturated heterocycles. The summed E-state index contributed by atoms with van der Waals surface area (Å²) in [6.45, 7) is -1.25. The highest BCUT2D eigenvalue weighted by Gasteiger charge is 2.35. The molecule has 18 heteroatoms. The number of H-pyrrole nitrogens is 2. The van der Waals surface area contributed by atoms with Gasteiger partial charge in [-0.15, -0.1) is 10.2 Å². The van der Waals surface area contributed by atoms with E-state index in [-0.39, 0.29) is 46.6 Å². The van der Waals surface area contributed by atoms with Crippen LogP contribution in [0.2, 0.25) is 0 Å². The maximum Gasteiger partial charge on any atom is 0.316 e. The first kappa shape index (κ1) is 25.7. The molecule has 2 aromatic carbocycles. The standard InChI is InChI=1S/C18H20F2N10O4S2/c19-18(20,8-22)17-25-11-3-1-2-10(14(11)26-17)9-4-5-12(36(33,34)24-7-6-21)15(35(23,31)32)13(9)16-27-29-30-28-16/h1-5,24H,6-8,21-22H2,(H,25,26)(H2,23,31,32)(H,27,28,29,30). The second-order valence-corrected chi connectivity index (χ2v) is 10.7. The maximum atomic E-state index is 14.2. The highest BCUT2D eigenvalue weighted by atomic mass is 32.2. The summed E-state index contributed by atoms with van der Waals surface area (Å²) in [5, 5.41) is 18.7. The Labute approximate surface area is 202 Å². The number of primary sulfonamides is 1. The summed E-state index contributed by atoms with van der Waals surface area (Å²) in [4.78, 5) is 4.97. The third-order valence-corrected chi connectivity index (χ3v) is 7.73. The van der Waals surface area contributed by atoms with E-state index in [1.807, 2.05) is 0 Å². The smallest absolute Gasteiger partial charge is 0.316 e. The van der Waals surface area contributed by atoms with Crippen molar-refractivity contribution in [3.05, 3.63) is 36.2 Å². The van der Waals surface area contributed by atoms with E-state index < -0.39 is 48.1 Å². The Balaban J connectivity index is 2.10. The number of benzene rings is 2. The van der Waals surface area contributed by atoms with Gasteiger partial charge in [-0.3, -0.25) is 0 Å². The lowest BCUT2D eigenvalue weighted by Gasteiger charge is -2.16. The number of hydrogen-bond acceptors (Lipinski definition) is 10. The summed E-state index contributed by atoms with van der Waals surface area (Å²) >= 11 is 0. The lowest BCUT2D eigenvalue weighted by Crippen LogP contribution is -2.31. The molecule has 0 radical (unpaired) electrons. The minimum Gasteiger partial charge on any atom is -0.337 e. The monoisotopic (exact) mass is 542 g/mol. The molecule has 4 rings (SSSR count). The van der Waals surface area contributed by atoms with Crippen LogP contribution in [0.1, 0.15) is 5.82 Å². The minimum atomic E-state index is -4.74. The Morgan fingerprint density at radius 2 is 1.81 bits per heavy atom. The topological polar surface area (TPSA) is 242 Å². The molecule has 0 unspecified atom stereocenters. The Morgan fingerprint density at radius 3 is 2.42 bits per heavy atom. The van der Waals surface area contributed by atoms with Crippen molar-refractivity contribution in [1.82, 2.24) is 35.3 Å². The van der Waals surface area contributed by atoms with Gasteiger partial charge < -0.3 is 16.5 Å². The number of nitrogens with one attached hydrogen (secondary N) is 3. The molecule has 9 N–H and O–H groups in total. The molecule has 192 valence electrons. The fourth-order valence-corrected chi connectivity index (χ4v) is 6.21. The van der Waals surface area contributed by atoms with Gasteiger partial charge >= 0.3 is 5.92 Å². The van der Waals surface area contributed by atoms with Gasteiger partial charge in [-0.1, -0.05) is 18.2 Å². The fraction of sp³-hybridized carbons (Fsp3) is 0.222. The second-order valence-electron chi connectivity index (χ2n) is 7.48. The second kappa shape index (κ2) is 9.22. The van der Waals surface area contributed by atoms with Crippen LogP contribution in [0.15, 0.2) is 40.1 Å². The van der Waals surface area contributed by atoms with E-state index in [9.17, 15) is 25.6 Å². The number of nitrogens with two attached hydrogens (primary N) is 3. The van der Waals surface area contributed by atoms with Crippen molar-refractivity contribution >= 4 is 31.1 Å². The summed E-state index contributed by atoms with van der Waals surface area (Å²) in [5.41, 5.74) is 10.6. The molecule has 4 aromatic rings. The molecule has 0 aliphatic carbocycles. The molecule has 0 bridgehead atoms. The average molecular weight is 543 g/mol. The molecule has 14 nitrogen and oxygen atoms in total. The Kier molecular flexibility index (Phi) is 6.58. The van der Waals surface area contributed by atoms with Gasteiger partial charge in [0, 0.05) is 18.7 Å². The van der Waals surface area contributed by atoms with Crippen LogP contribution in [0.4, 0.5) is 8.78 Å². The summed E-state index contributed by atoms with van der Waals surface area (Å²) in [7, 11) is -9.16. The van der Waals surface area contributed by atoms with Crippen molar-refractivity contribution in [3.8, 4) is 22.5 Å². The zero-order valence-corrected chi connectivity index (χ0v) is 19.9. The number of imidazole rings is 1. The number of rotatable bonds is 9. The molecule has 2 heterocycles. The maximum absolute atomic E-state index is 14.2. The van der Waals surface area contributed by atoms with Gasteiger partial charge in [-0.2, -0.15) is 14.0 Å². The van der Waals surface area contributed by atoms with E-state index in [0.717, 1.165) is 6.07 Å². The van der Waals surface area contributed by atoms with E-state index >= 15 is 0 Å². The van der Waals surface area contributed by atoms with E-state index in [4.69, 9.17) is 16.6 Å². The molecule has 0 fully saturated rings. The van der Waals surface area contributed by atoms with E-state index in [2.05, 4.69) is 35.3 Å². The molecule has 0 amide bonds. The average Bonchev–Trinajstić information content (AvgIpc) is 3.51. The predicted octanol–water partition coefficient (Wildman–Crippen LogP) is -0.655. The Hall–Kier alpha value is -3.42. The molecular weight excluding hydrogens is 522 g/mol. The largest absolute Gasteiger partial charge is 0.337 e. The molecular formula is C18H20F2N10O4S2. The van der Waals surface area contributed by atoms with Gasteiger partial charge in [-0.05, 0) is 22.9 Å². The minimum absolute atomic E-state index is 0.0302. The summed E-state index contributed by atoms with van der Waals surface area (Å²) in [6.07, 6.45) is 0. The zero-order valence-electron chi connectivity index (χ0n) is 18.2. The van der Waals surface area contributed by atoms with Crippen molar-refractivity contribution in [3.63, 3.8) is 0 Å². The lowest BCUT2D eigenvalue weighted by atomic mass is 9.98. The van der Waals surface area contributed by atoms with Crippen molar-refractivity contribution in [2.45, 2.75) is 15.7 Å². The number of nitrogens with zero attached hydrogens (tertiary/aromatic N) is 4. The number of hydrogen-bond donors (Lipinski definition) is 6. The third-order valence-electron chi connectivity index (χ3n) is 5.11. The number of sulfonamides is 2. The number of aromatic nitrogens is 6. The van der Waals surface area contributed by atoms with E-state index in [1.54, 1.807) is 0 Å². The van der Waals surface area contributed by atoms with Crippen LogP contribution >= 0.6 is 0 Å². The van der Waals surface area contributed by atoms with Crippen LogP contribution < -0.4 is 21.3 Å². The number of halogens is 2. The van der Waals surface area contributed by atoms with Crippen LogP contribution in [-0.2, 0) is 26.0 Å². The van der Waals surface area contributed by atoms with Crippen LogP contribution in [0, 0.1) is 0 Å².